The zero-order chi connectivity index (χ0) is 25.8. The Hall–Kier alpha value is -4.01. The van der Waals surface area contributed by atoms with E-state index in [4.69, 9.17) is 4.98 Å². The predicted octanol–water partition coefficient (Wildman–Crippen LogP) is 10.6. The van der Waals surface area contributed by atoms with E-state index in [9.17, 15) is 0 Å². The van der Waals surface area contributed by atoms with Crippen LogP contribution in [-0.2, 0) is 6.42 Å². The number of rotatable bonds is 4. The van der Waals surface area contributed by atoms with Gasteiger partial charge in [-0.1, -0.05) is 92.7 Å². The zero-order valence-corrected chi connectivity index (χ0v) is 22.8. The Morgan fingerprint density at radius 3 is 2.29 bits per heavy atom. The van der Waals surface area contributed by atoms with Crippen LogP contribution in [0.4, 0.5) is 0 Å². The van der Waals surface area contributed by atoms with Crippen LogP contribution in [0, 0.1) is 12.8 Å². The van der Waals surface area contributed by atoms with Crippen LogP contribution in [0.2, 0.25) is 0 Å². The van der Waals surface area contributed by atoms with Gasteiger partial charge in [-0.3, -0.25) is 4.98 Å². The van der Waals surface area contributed by atoms with E-state index in [0.717, 1.165) is 12.1 Å². The smallest absolute Gasteiger partial charge is 0.0880 e. The fraction of sp³-hybridized carbons (Fsp3) is 0.139. The summed E-state index contributed by atoms with van der Waals surface area (Å²) >= 11 is 1.88. The van der Waals surface area contributed by atoms with Crippen molar-refractivity contribution in [3.05, 3.63) is 114 Å². The zero-order valence-electron chi connectivity index (χ0n) is 22.0. The molecule has 38 heavy (non-hydrogen) atoms. The number of nitrogens with zero attached hydrogens (tertiary/aromatic N) is 1. The Kier molecular flexibility index (Phi) is 5.52. The summed E-state index contributed by atoms with van der Waals surface area (Å²) in [5, 5.41) is 7.92. The Bertz CT molecular complexity index is 1980. The summed E-state index contributed by atoms with van der Waals surface area (Å²) in [6, 6.07) is 35.5. The largest absolute Gasteiger partial charge is 0.255 e. The maximum absolute atomic E-state index is 4.98. The molecule has 0 saturated carbocycles. The van der Waals surface area contributed by atoms with Crippen molar-refractivity contribution in [2.24, 2.45) is 5.92 Å². The van der Waals surface area contributed by atoms with Gasteiger partial charge in [0.2, 0.25) is 0 Å². The van der Waals surface area contributed by atoms with Crippen molar-refractivity contribution in [1.29, 1.82) is 0 Å². The van der Waals surface area contributed by atoms with Gasteiger partial charge in [0, 0.05) is 27.2 Å². The first kappa shape index (κ1) is 23.1. The summed E-state index contributed by atoms with van der Waals surface area (Å²) in [5.41, 5.74) is 7.61. The third-order valence-corrected chi connectivity index (χ3v) is 9.06. The quantitative estimate of drug-likeness (QED) is 0.216. The van der Waals surface area contributed by atoms with Gasteiger partial charge in [-0.05, 0) is 81.3 Å². The third kappa shape index (κ3) is 3.71. The van der Waals surface area contributed by atoms with Gasteiger partial charge in [0.15, 0.2) is 0 Å². The number of thiophene rings is 1. The summed E-state index contributed by atoms with van der Waals surface area (Å²) in [7, 11) is 0. The Morgan fingerprint density at radius 1 is 0.684 bits per heavy atom. The van der Waals surface area contributed by atoms with Gasteiger partial charge in [-0.25, -0.2) is 0 Å². The number of aryl methyl sites for hydroxylation is 1. The molecular weight excluding hydrogens is 478 g/mol. The van der Waals surface area contributed by atoms with Gasteiger partial charge < -0.3 is 0 Å². The second kappa shape index (κ2) is 9.08. The topological polar surface area (TPSA) is 12.9 Å². The number of pyridine rings is 1. The van der Waals surface area contributed by atoms with Crippen LogP contribution < -0.4 is 0 Å². The second-order valence-electron chi connectivity index (χ2n) is 10.7. The molecule has 0 spiro atoms. The summed E-state index contributed by atoms with van der Waals surface area (Å²) in [5.74, 6) is 0.569. The summed E-state index contributed by atoms with van der Waals surface area (Å²) in [4.78, 5) is 4.98. The molecule has 0 N–H and O–H groups in total. The molecule has 2 heteroatoms. The van der Waals surface area contributed by atoms with Crippen LogP contribution in [0.3, 0.4) is 0 Å². The number of fused-ring (bicyclic) bond motifs is 6. The van der Waals surface area contributed by atoms with Crippen molar-refractivity contribution >= 4 is 53.1 Å². The minimum atomic E-state index is 0.569. The number of benzene rings is 5. The van der Waals surface area contributed by atoms with Crippen LogP contribution in [0.1, 0.15) is 25.0 Å². The normalized spacial score (nSPS) is 11.9. The van der Waals surface area contributed by atoms with Crippen LogP contribution in [0.15, 0.2) is 103 Å². The molecular formula is C36H29NS. The lowest BCUT2D eigenvalue weighted by molar-refractivity contribution is 0.650. The minimum absolute atomic E-state index is 0.569. The van der Waals surface area contributed by atoms with Crippen LogP contribution in [0.25, 0.3) is 64.1 Å². The summed E-state index contributed by atoms with van der Waals surface area (Å²) in [6.07, 6.45) is 3.03. The maximum Gasteiger partial charge on any atom is 0.0880 e. The number of hydrogen-bond acceptors (Lipinski definition) is 2. The molecule has 2 heterocycles. The van der Waals surface area contributed by atoms with Crippen molar-refractivity contribution < 1.29 is 0 Å². The SMILES string of the molecule is Cc1c(-c2ccccc2)ccc2c1sc1c(-c3cc(CC(C)C)c4c(ccc5ccccc54)c3)nccc12. The fourth-order valence-corrected chi connectivity index (χ4v) is 7.32. The van der Waals surface area contributed by atoms with Crippen molar-refractivity contribution in [3.63, 3.8) is 0 Å². The molecule has 0 aliphatic carbocycles. The van der Waals surface area contributed by atoms with Gasteiger partial charge in [0.1, 0.15) is 0 Å². The average Bonchev–Trinajstić information content (AvgIpc) is 3.33. The van der Waals surface area contributed by atoms with Crippen molar-refractivity contribution in [2.75, 3.05) is 0 Å². The Balaban J connectivity index is 1.48. The molecule has 0 radical (unpaired) electrons. The highest BCUT2D eigenvalue weighted by atomic mass is 32.1. The molecule has 5 aromatic carbocycles. The highest BCUT2D eigenvalue weighted by Gasteiger charge is 2.17. The first-order valence-electron chi connectivity index (χ1n) is 13.4. The van der Waals surface area contributed by atoms with Gasteiger partial charge in [-0.2, -0.15) is 0 Å². The van der Waals surface area contributed by atoms with E-state index in [2.05, 4.69) is 118 Å². The third-order valence-electron chi connectivity index (χ3n) is 7.71. The van der Waals surface area contributed by atoms with Gasteiger partial charge in [0.05, 0.1) is 10.4 Å². The lowest BCUT2D eigenvalue weighted by Crippen LogP contribution is -1.97. The molecule has 0 unspecified atom stereocenters. The second-order valence-corrected chi connectivity index (χ2v) is 11.8. The molecule has 0 aliphatic heterocycles. The van der Waals surface area contributed by atoms with Crippen molar-refractivity contribution in [1.82, 2.24) is 4.98 Å². The van der Waals surface area contributed by atoms with E-state index < -0.39 is 0 Å². The summed E-state index contributed by atoms with van der Waals surface area (Å²) < 4.78 is 2.62. The van der Waals surface area contributed by atoms with Crippen LogP contribution >= 0.6 is 11.3 Å². The summed E-state index contributed by atoms with van der Waals surface area (Å²) in [6.45, 7) is 6.87. The van der Waals surface area contributed by atoms with Gasteiger partial charge in [0.25, 0.3) is 0 Å². The highest BCUT2D eigenvalue weighted by Crippen LogP contribution is 2.43. The highest BCUT2D eigenvalue weighted by molar-refractivity contribution is 7.26. The molecule has 1 nitrogen and oxygen atoms in total. The standard InChI is InChI=1S/C36H29NS/c1-22(2)19-27-21-28(20-26-14-13-25-11-7-8-12-30(25)33(26)27)34-36-32(17-18-37-34)31-16-15-29(23(3)35(31)38-36)24-9-5-4-6-10-24/h4-18,20-22H,19H2,1-3H3. The number of hydrogen-bond donors (Lipinski definition) is 0. The minimum Gasteiger partial charge on any atom is -0.255 e. The van der Waals surface area contributed by atoms with E-state index in [-0.39, 0.29) is 0 Å². The lowest BCUT2D eigenvalue weighted by Gasteiger charge is -2.15. The van der Waals surface area contributed by atoms with Crippen LogP contribution in [0.5, 0.6) is 0 Å². The van der Waals surface area contributed by atoms with E-state index >= 15 is 0 Å². The van der Waals surface area contributed by atoms with E-state index in [1.807, 2.05) is 17.5 Å². The first-order chi connectivity index (χ1) is 18.6. The molecule has 0 amide bonds. The predicted molar refractivity (Wildman–Crippen MR) is 166 cm³/mol. The molecule has 0 atom stereocenters. The molecule has 0 saturated heterocycles. The molecule has 0 fully saturated rings. The average molecular weight is 508 g/mol. The van der Waals surface area contributed by atoms with E-state index in [0.29, 0.717) is 5.92 Å². The molecule has 0 aliphatic rings. The van der Waals surface area contributed by atoms with E-state index in [1.165, 1.54) is 69.5 Å². The fourth-order valence-electron chi connectivity index (χ4n) is 6.01. The van der Waals surface area contributed by atoms with Crippen molar-refractivity contribution in [2.45, 2.75) is 27.2 Å². The number of aromatic nitrogens is 1. The molecule has 7 rings (SSSR count). The van der Waals surface area contributed by atoms with Crippen molar-refractivity contribution in [3.8, 4) is 22.4 Å². The molecule has 2 aromatic heterocycles. The van der Waals surface area contributed by atoms with Gasteiger partial charge in [-0.15, -0.1) is 11.3 Å². The Labute approximate surface area is 227 Å². The van der Waals surface area contributed by atoms with Crippen LogP contribution in [-0.4, -0.2) is 4.98 Å². The molecule has 0 bridgehead atoms. The molecule has 7 aromatic rings. The van der Waals surface area contributed by atoms with Gasteiger partial charge >= 0.3 is 0 Å². The Morgan fingerprint density at radius 2 is 1.45 bits per heavy atom. The molecule has 184 valence electrons. The lowest BCUT2D eigenvalue weighted by atomic mass is 9.90. The van der Waals surface area contributed by atoms with E-state index in [1.54, 1.807) is 0 Å². The first-order valence-corrected chi connectivity index (χ1v) is 14.2. The maximum atomic E-state index is 4.98. The monoisotopic (exact) mass is 507 g/mol.